The molecule has 0 fully saturated rings. The van der Waals surface area contributed by atoms with Crippen LogP contribution in [0, 0.1) is 0 Å². The molecule has 1 aromatic carbocycles. The Bertz CT molecular complexity index is 612. The number of benzene rings is 1. The Labute approximate surface area is 133 Å². The van der Waals surface area contributed by atoms with Crippen LogP contribution in [0.1, 0.15) is 18.1 Å². The molecule has 2 rings (SSSR count). The third kappa shape index (κ3) is 5.30. The Hall–Kier alpha value is -1.99. The van der Waals surface area contributed by atoms with Crippen molar-refractivity contribution in [3.05, 3.63) is 47.8 Å². The van der Waals surface area contributed by atoms with E-state index in [0.717, 1.165) is 11.1 Å². The molecule has 7 heteroatoms. The van der Waals surface area contributed by atoms with E-state index in [4.69, 9.17) is 4.74 Å². The van der Waals surface area contributed by atoms with E-state index in [-0.39, 0.29) is 0 Å². The third-order valence-electron chi connectivity index (χ3n) is 3.42. The molecule has 0 spiro atoms. The lowest BCUT2D eigenvalue weighted by molar-refractivity contribution is 0.0566. The van der Waals surface area contributed by atoms with Crippen molar-refractivity contribution >= 4 is 0 Å². The summed E-state index contributed by atoms with van der Waals surface area (Å²) in [6.45, 7) is 2.03. The monoisotopic (exact) mass is 325 g/mol. The van der Waals surface area contributed by atoms with Gasteiger partial charge in [-0.05, 0) is 24.6 Å². The van der Waals surface area contributed by atoms with Crippen LogP contribution in [0.3, 0.4) is 0 Å². The quantitative estimate of drug-likeness (QED) is 0.780. The highest BCUT2D eigenvalue weighted by molar-refractivity contribution is 5.27. The fourth-order valence-corrected chi connectivity index (χ4v) is 2.11. The smallest absolute Gasteiger partial charge is 0.272 e. The number of hydrogen-bond donors (Lipinski definition) is 2. The number of aliphatic hydroxyl groups is 1. The summed E-state index contributed by atoms with van der Waals surface area (Å²) in [5.74, 6) is 0.413. The molecular weight excluding hydrogens is 304 g/mol. The fraction of sp³-hybridized carbons (Fsp3) is 0.438. The van der Waals surface area contributed by atoms with E-state index in [9.17, 15) is 13.9 Å². The maximum atomic E-state index is 12.1. The Balaban J connectivity index is 1.81. The van der Waals surface area contributed by atoms with E-state index in [2.05, 4.69) is 10.4 Å². The van der Waals surface area contributed by atoms with Gasteiger partial charge in [-0.15, -0.1) is 0 Å². The zero-order chi connectivity index (χ0) is 16.9. The molecular formula is C16H21F2N3O2. The van der Waals surface area contributed by atoms with Crippen LogP contribution in [-0.2, 0) is 19.2 Å². The third-order valence-corrected chi connectivity index (χ3v) is 3.42. The summed E-state index contributed by atoms with van der Waals surface area (Å²) in [6.07, 6.45) is 0.930. The number of nitrogens with zero attached hydrogens (tertiary/aromatic N) is 2. The second-order valence-electron chi connectivity index (χ2n) is 5.63. The van der Waals surface area contributed by atoms with Gasteiger partial charge < -0.3 is 15.2 Å². The normalized spacial score (nSPS) is 14.0. The minimum atomic E-state index is -2.48. The first kappa shape index (κ1) is 17.4. The predicted octanol–water partition coefficient (Wildman–Crippen LogP) is 2.06. The average Bonchev–Trinajstić information content (AvgIpc) is 2.94. The number of rotatable bonds is 8. The summed E-state index contributed by atoms with van der Waals surface area (Å²) >= 11 is 0. The first-order valence-electron chi connectivity index (χ1n) is 7.29. The molecule has 5 nitrogen and oxygen atoms in total. The average molecular weight is 325 g/mol. The van der Waals surface area contributed by atoms with E-state index in [0.29, 0.717) is 18.8 Å². The van der Waals surface area contributed by atoms with E-state index in [1.165, 1.54) is 0 Å². The van der Waals surface area contributed by atoms with Gasteiger partial charge in [0.25, 0.3) is 6.43 Å². The van der Waals surface area contributed by atoms with Gasteiger partial charge in [0.15, 0.2) is 0 Å². The molecule has 0 saturated heterocycles. The Kier molecular flexibility index (Phi) is 5.68. The molecule has 1 aromatic heterocycles. The van der Waals surface area contributed by atoms with Crippen molar-refractivity contribution in [2.75, 3.05) is 13.2 Å². The molecule has 0 radical (unpaired) electrons. The lowest BCUT2D eigenvalue weighted by Crippen LogP contribution is -2.34. The minimum absolute atomic E-state index is 0.363. The summed E-state index contributed by atoms with van der Waals surface area (Å²) in [5.41, 5.74) is 0.689. The van der Waals surface area contributed by atoms with Gasteiger partial charge in [0.05, 0.1) is 6.20 Å². The summed E-state index contributed by atoms with van der Waals surface area (Å²) in [6, 6.07) is 6.90. The lowest BCUT2D eigenvalue weighted by atomic mass is 9.99. The molecule has 1 atom stereocenters. The van der Waals surface area contributed by atoms with Crippen molar-refractivity contribution in [3.63, 3.8) is 0 Å². The lowest BCUT2D eigenvalue weighted by Gasteiger charge is -2.22. The molecule has 126 valence electrons. The van der Waals surface area contributed by atoms with Crippen LogP contribution in [0.5, 0.6) is 5.75 Å². The number of alkyl halides is 2. The van der Waals surface area contributed by atoms with E-state index in [1.54, 1.807) is 55.3 Å². The van der Waals surface area contributed by atoms with Gasteiger partial charge in [-0.2, -0.15) is 5.10 Å². The van der Waals surface area contributed by atoms with Crippen LogP contribution < -0.4 is 10.1 Å². The van der Waals surface area contributed by atoms with Gasteiger partial charge in [0, 0.05) is 31.9 Å². The van der Waals surface area contributed by atoms with Gasteiger partial charge in [0.2, 0.25) is 0 Å². The second kappa shape index (κ2) is 7.52. The van der Waals surface area contributed by atoms with Crippen LogP contribution in [0.25, 0.3) is 0 Å². The standard InChI is InChI=1S/C16H21F2N3O2/c1-16(22,13-8-20-21(2)9-13)11-19-7-12-3-5-14(6-4-12)23-10-15(17)18/h3-6,8-9,15,19,22H,7,10-11H2,1-2H3. The number of halogens is 2. The number of nitrogens with one attached hydrogen (secondary N) is 1. The number of aromatic nitrogens is 2. The topological polar surface area (TPSA) is 59.3 Å². The first-order chi connectivity index (χ1) is 10.9. The van der Waals surface area contributed by atoms with Gasteiger partial charge in [-0.1, -0.05) is 12.1 Å². The van der Waals surface area contributed by atoms with Gasteiger partial charge in [0.1, 0.15) is 18.0 Å². The molecule has 0 aliphatic heterocycles. The minimum Gasteiger partial charge on any atom is -0.488 e. The molecule has 0 aliphatic carbocycles. The van der Waals surface area contributed by atoms with E-state index < -0.39 is 18.6 Å². The van der Waals surface area contributed by atoms with Gasteiger partial charge >= 0.3 is 0 Å². The summed E-state index contributed by atoms with van der Waals surface area (Å²) in [4.78, 5) is 0. The van der Waals surface area contributed by atoms with Crippen molar-refractivity contribution in [3.8, 4) is 5.75 Å². The van der Waals surface area contributed by atoms with Crippen molar-refractivity contribution < 1.29 is 18.6 Å². The Morgan fingerprint density at radius 2 is 2.04 bits per heavy atom. The maximum Gasteiger partial charge on any atom is 0.272 e. The number of hydrogen-bond acceptors (Lipinski definition) is 4. The molecule has 23 heavy (non-hydrogen) atoms. The zero-order valence-corrected chi connectivity index (χ0v) is 13.2. The van der Waals surface area contributed by atoms with Gasteiger partial charge in [-0.25, -0.2) is 8.78 Å². The Morgan fingerprint density at radius 1 is 1.35 bits per heavy atom. The summed E-state index contributed by atoms with van der Waals surface area (Å²) in [7, 11) is 1.80. The number of ether oxygens (including phenoxy) is 1. The highest BCUT2D eigenvalue weighted by Crippen LogP contribution is 2.19. The van der Waals surface area contributed by atoms with Crippen molar-refractivity contribution in [1.29, 1.82) is 0 Å². The van der Waals surface area contributed by atoms with Crippen molar-refractivity contribution in [2.45, 2.75) is 25.5 Å². The molecule has 0 amide bonds. The zero-order valence-electron chi connectivity index (χ0n) is 13.2. The molecule has 1 unspecified atom stereocenters. The van der Waals surface area contributed by atoms with Crippen molar-refractivity contribution in [1.82, 2.24) is 15.1 Å². The molecule has 1 heterocycles. The molecule has 0 bridgehead atoms. The predicted molar refractivity (Wildman–Crippen MR) is 82.4 cm³/mol. The van der Waals surface area contributed by atoms with Crippen LogP contribution in [0.4, 0.5) is 8.78 Å². The highest BCUT2D eigenvalue weighted by Gasteiger charge is 2.24. The maximum absolute atomic E-state index is 12.1. The molecule has 2 N–H and O–H groups in total. The molecule has 2 aromatic rings. The summed E-state index contributed by atoms with van der Waals surface area (Å²) in [5, 5.41) is 17.7. The van der Waals surface area contributed by atoms with Crippen LogP contribution in [-0.4, -0.2) is 34.5 Å². The summed E-state index contributed by atoms with van der Waals surface area (Å²) < 4.78 is 30.7. The second-order valence-corrected chi connectivity index (χ2v) is 5.63. The van der Waals surface area contributed by atoms with Crippen LogP contribution >= 0.6 is 0 Å². The van der Waals surface area contributed by atoms with Crippen LogP contribution in [0.15, 0.2) is 36.7 Å². The van der Waals surface area contributed by atoms with Crippen LogP contribution in [0.2, 0.25) is 0 Å². The highest BCUT2D eigenvalue weighted by atomic mass is 19.3. The fourth-order valence-electron chi connectivity index (χ4n) is 2.11. The van der Waals surface area contributed by atoms with Gasteiger partial charge in [-0.3, -0.25) is 4.68 Å². The van der Waals surface area contributed by atoms with Crippen molar-refractivity contribution in [2.24, 2.45) is 7.05 Å². The number of aryl methyl sites for hydroxylation is 1. The largest absolute Gasteiger partial charge is 0.488 e. The SMILES string of the molecule is Cn1cc(C(C)(O)CNCc2ccc(OCC(F)F)cc2)cn1. The molecule has 0 aliphatic rings. The van der Waals surface area contributed by atoms with E-state index in [1.807, 2.05) is 0 Å². The molecule has 0 saturated carbocycles. The van der Waals surface area contributed by atoms with E-state index >= 15 is 0 Å². The Morgan fingerprint density at radius 3 is 2.61 bits per heavy atom. The first-order valence-corrected chi connectivity index (χ1v) is 7.29.